The topological polar surface area (TPSA) is 62.4 Å². The second-order valence-corrected chi connectivity index (χ2v) is 3.78. The number of carbonyl (C=O) groups excluding carboxylic acids is 1. The molecule has 0 fully saturated rings. The van der Waals surface area contributed by atoms with Crippen molar-refractivity contribution in [3.63, 3.8) is 0 Å². The van der Waals surface area contributed by atoms with Gasteiger partial charge in [-0.3, -0.25) is 5.43 Å². The molecule has 0 saturated heterocycles. The Morgan fingerprint density at radius 3 is 2.59 bits per heavy atom. The molecule has 0 aliphatic carbocycles. The van der Waals surface area contributed by atoms with E-state index in [-0.39, 0.29) is 5.11 Å². The first kappa shape index (κ1) is 13.5. The lowest BCUT2D eigenvalue weighted by Crippen LogP contribution is -2.43. The summed E-state index contributed by atoms with van der Waals surface area (Å²) in [7, 11) is 0. The molecule has 5 nitrogen and oxygen atoms in total. The quantitative estimate of drug-likeness (QED) is 0.570. The molecule has 17 heavy (non-hydrogen) atoms. The van der Waals surface area contributed by atoms with Gasteiger partial charge in [-0.05, 0) is 43.4 Å². The third-order valence-corrected chi connectivity index (χ3v) is 2.11. The van der Waals surface area contributed by atoms with Gasteiger partial charge in [0.15, 0.2) is 5.11 Å². The zero-order chi connectivity index (χ0) is 12.7. The van der Waals surface area contributed by atoms with Crippen molar-refractivity contribution in [2.45, 2.75) is 6.92 Å². The number of rotatable bonds is 2. The number of thiocarbonyl (C=S) groups is 1. The van der Waals surface area contributed by atoms with E-state index < -0.39 is 6.09 Å². The standard InChI is InChI=1S/C10H12ClN3O2S/c1-2-16-10(15)14-13-9(17)12-8-5-3-7(11)4-6-8/h3-6H,2H2,1H3,(H,14,15)(H2,12,13,17). The number of nitrogens with one attached hydrogen (secondary N) is 3. The minimum atomic E-state index is -0.590. The van der Waals surface area contributed by atoms with Crippen LogP contribution in [0.15, 0.2) is 24.3 Å². The van der Waals surface area contributed by atoms with Crippen LogP contribution in [0, 0.1) is 0 Å². The highest BCUT2D eigenvalue weighted by molar-refractivity contribution is 7.80. The fourth-order valence-corrected chi connectivity index (χ4v) is 1.27. The van der Waals surface area contributed by atoms with Gasteiger partial charge in [0.05, 0.1) is 6.61 Å². The van der Waals surface area contributed by atoms with Gasteiger partial charge in [0, 0.05) is 10.7 Å². The Kier molecular flexibility index (Phi) is 5.51. The maximum Gasteiger partial charge on any atom is 0.425 e. The van der Waals surface area contributed by atoms with Crippen molar-refractivity contribution < 1.29 is 9.53 Å². The third-order valence-electron chi connectivity index (χ3n) is 1.66. The van der Waals surface area contributed by atoms with E-state index in [2.05, 4.69) is 20.9 Å². The van der Waals surface area contributed by atoms with E-state index in [1.807, 2.05) is 0 Å². The van der Waals surface area contributed by atoms with Gasteiger partial charge in [0.1, 0.15) is 0 Å². The van der Waals surface area contributed by atoms with Crippen LogP contribution in [0.4, 0.5) is 10.5 Å². The zero-order valence-electron chi connectivity index (χ0n) is 9.12. The summed E-state index contributed by atoms with van der Waals surface area (Å²) in [5.74, 6) is 0. The summed E-state index contributed by atoms with van der Waals surface area (Å²) in [4.78, 5) is 10.9. The molecule has 0 bridgehead atoms. The monoisotopic (exact) mass is 273 g/mol. The molecule has 0 radical (unpaired) electrons. The first-order valence-corrected chi connectivity index (χ1v) is 5.65. The largest absolute Gasteiger partial charge is 0.449 e. The van der Waals surface area contributed by atoms with Gasteiger partial charge in [-0.2, -0.15) is 0 Å². The fraction of sp³-hybridized carbons (Fsp3) is 0.200. The summed E-state index contributed by atoms with van der Waals surface area (Å²) < 4.78 is 4.64. The molecule has 1 aromatic rings. The van der Waals surface area contributed by atoms with Crippen LogP contribution in [0.1, 0.15) is 6.92 Å². The van der Waals surface area contributed by atoms with E-state index in [9.17, 15) is 4.79 Å². The van der Waals surface area contributed by atoms with Gasteiger partial charge in [-0.25, -0.2) is 10.2 Å². The van der Waals surface area contributed by atoms with Crippen molar-refractivity contribution in [3.8, 4) is 0 Å². The van der Waals surface area contributed by atoms with E-state index in [0.29, 0.717) is 11.6 Å². The smallest absolute Gasteiger partial charge is 0.425 e. The SMILES string of the molecule is CCOC(=O)NNC(=S)Nc1ccc(Cl)cc1. The molecule has 7 heteroatoms. The average molecular weight is 274 g/mol. The number of hydrogen-bond acceptors (Lipinski definition) is 3. The molecule has 0 saturated carbocycles. The highest BCUT2D eigenvalue weighted by atomic mass is 35.5. The molecule has 1 rings (SSSR count). The van der Waals surface area contributed by atoms with Crippen LogP contribution in [-0.4, -0.2) is 17.8 Å². The predicted octanol–water partition coefficient (Wildman–Crippen LogP) is 2.29. The fourth-order valence-electron chi connectivity index (χ4n) is 0.971. The van der Waals surface area contributed by atoms with Gasteiger partial charge in [0.2, 0.25) is 0 Å². The predicted molar refractivity (Wildman–Crippen MR) is 71.0 cm³/mol. The van der Waals surface area contributed by atoms with Crippen LogP contribution < -0.4 is 16.2 Å². The Balaban J connectivity index is 2.34. The molecule has 0 atom stereocenters. The maximum atomic E-state index is 10.9. The third kappa shape index (κ3) is 5.37. The molecule has 0 aliphatic rings. The first-order valence-electron chi connectivity index (χ1n) is 4.87. The number of halogens is 1. The number of hydrazine groups is 1. The zero-order valence-corrected chi connectivity index (χ0v) is 10.7. The summed E-state index contributed by atoms with van der Waals surface area (Å²) >= 11 is 10.7. The van der Waals surface area contributed by atoms with E-state index in [1.165, 1.54) is 0 Å². The van der Waals surface area contributed by atoms with E-state index in [1.54, 1.807) is 31.2 Å². The summed E-state index contributed by atoms with van der Waals surface area (Å²) in [6, 6.07) is 6.98. The van der Waals surface area contributed by atoms with Crippen molar-refractivity contribution in [2.24, 2.45) is 0 Å². The molecular weight excluding hydrogens is 262 g/mol. The Morgan fingerprint density at radius 2 is 2.00 bits per heavy atom. The van der Waals surface area contributed by atoms with Crippen LogP contribution in [0.25, 0.3) is 0 Å². The van der Waals surface area contributed by atoms with Crippen LogP contribution in [-0.2, 0) is 4.74 Å². The van der Waals surface area contributed by atoms with Crippen molar-refractivity contribution in [1.82, 2.24) is 10.9 Å². The molecule has 0 spiro atoms. The average Bonchev–Trinajstić information content (AvgIpc) is 2.30. The number of benzene rings is 1. The number of amides is 1. The summed E-state index contributed by atoms with van der Waals surface area (Å²) in [6.07, 6.45) is -0.590. The normalized spacial score (nSPS) is 9.29. The van der Waals surface area contributed by atoms with Crippen LogP contribution in [0.3, 0.4) is 0 Å². The van der Waals surface area contributed by atoms with Crippen molar-refractivity contribution in [2.75, 3.05) is 11.9 Å². The molecule has 3 N–H and O–H groups in total. The second-order valence-electron chi connectivity index (χ2n) is 2.93. The molecular formula is C10H12ClN3O2S. The van der Waals surface area contributed by atoms with Gasteiger partial charge in [-0.1, -0.05) is 11.6 Å². The van der Waals surface area contributed by atoms with Crippen LogP contribution >= 0.6 is 23.8 Å². The van der Waals surface area contributed by atoms with Crippen molar-refractivity contribution in [1.29, 1.82) is 0 Å². The second kappa shape index (κ2) is 6.93. The highest BCUT2D eigenvalue weighted by Gasteiger charge is 2.01. The summed E-state index contributed by atoms with van der Waals surface area (Å²) in [6.45, 7) is 2.01. The van der Waals surface area contributed by atoms with Gasteiger partial charge in [0.25, 0.3) is 0 Å². The lowest BCUT2D eigenvalue weighted by atomic mass is 10.3. The number of carbonyl (C=O) groups is 1. The Labute approximate surface area is 109 Å². The van der Waals surface area contributed by atoms with Crippen molar-refractivity contribution in [3.05, 3.63) is 29.3 Å². The van der Waals surface area contributed by atoms with Gasteiger partial charge in [-0.15, -0.1) is 0 Å². The number of hydrogen-bond donors (Lipinski definition) is 3. The minimum Gasteiger partial charge on any atom is -0.449 e. The molecule has 0 unspecified atom stereocenters. The highest BCUT2D eigenvalue weighted by Crippen LogP contribution is 2.12. The van der Waals surface area contributed by atoms with Crippen molar-refractivity contribution >= 4 is 40.7 Å². The summed E-state index contributed by atoms with van der Waals surface area (Å²) in [5.41, 5.74) is 5.53. The maximum absolute atomic E-state index is 10.9. The van der Waals surface area contributed by atoms with E-state index in [0.717, 1.165) is 5.69 Å². The van der Waals surface area contributed by atoms with Crippen LogP contribution in [0.2, 0.25) is 5.02 Å². The Morgan fingerprint density at radius 1 is 1.35 bits per heavy atom. The van der Waals surface area contributed by atoms with Gasteiger partial charge >= 0.3 is 6.09 Å². The molecule has 0 heterocycles. The lowest BCUT2D eigenvalue weighted by Gasteiger charge is -2.11. The van der Waals surface area contributed by atoms with E-state index >= 15 is 0 Å². The number of ether oxygens (including phenoxy) is 1. The molecule has 92 valence electrons. The van der Waals surface area contributed by atoms with Gasteiger partial charge < -0.3 is 10.1 Å². The summed E-state index contributed by atoms with van der Waals surface area (Å²) in [5, 5.41) is 3.75. The molecule has 0 aliphatic heterocycles. The Hall–Kier alpha value is -1.53. The van der Waals surface area contributed by atoms with E-state index in [4.69, 9.17) is 23.8 Å². The molecule has 0 aromatic heterocycles. The molecule has 1 amide bonds. The number of anilines is 1. The van der Waals surface area contributed by atoms with Crippen LogP contribution in [0.5, 0.6) is 0 Å². The Bertz CT molecular complexity index is 397. The molecule has 1 aromatic carbocycles. The lowest BCUT2D eigenvalue weighted by molar-refractivity contribution is 0.150. The minimum absolute atomic E-state index is 0.250. The first-order chi connectivity index (χ1) is 8.11.